The average Bonchev–Trinajstić information content (AvgIpc) is 2.56. The molecule has 0 bridgehead atoms. The van der Waals surface area contributed by atoms with E-state index in [1.54, 1.807) is 24.3 Å². The Kier molecular flexibility index (Phi) is 6.02. The van der Waals surface area contributed by atoms with E-state index >= 15 is 0 Å². The van der Waals surface area contributed by atoms with Crippen LogP contribution in [0.25, 0.3) is 6.08 Å². The van der Waals surface area contributed by atoms with Gasteiger partial charge in [0.15, 0.2) is 0 Å². The lowest BCUT2D eigenvalue weighted by Crippen LogP contribution is -2.16. The molecule has 1 N–H and O–H groups in total. The van der Waals surface area contributed by atoms with Gasteiger partial charge in [-0.15, -0.1) is 0 Å². The Bertz CT molecular complexity index is 780. The van der Waals surface area contributed by atoms with Crippen LogP contribution in [0.15, 0.2) is 65.8 Å². The van der Waals surface area contributed by atoms with E-state index < -0.39 is 5.97 Å². The van der Waals surface area contributed by atoms with Crippen LogP contribution >= 0.6 is 0 Å². The minimum Gasteiger partial charge on any atom is -0.426 e. The fourth-order valence-electron chi connectivity index (χ4n) is 1.99. The molecule has 0 saturated heterocycles. The zero-order valence-corrected chi connectivity index (χ0v) is 13.5. The Morgan fingerprint density at radius 1 is 1.00 bits per heavy atom. The number of amides is 1. The predicted molar refractivity (Wildman–Crippen MR) is 93.6 cm³/mol. The normalized spacial score (nSPS) is 11.3. The summed E-state index contributed by atoms with van der Waals surface area (Å²) in [6, 6.07) is 16.7. The standard InChI is InChI=1S/C19H18N2O3/c1-14(22)20-21-18(13-12-16-8-4-3-5-9-16)17-10-6-7-11-19(17)24-15(2)23/h3-13H,1-2H3,(H,20,22)/b13-12+,21-18-. The molecule has 0 aliphatic heterocycles. The van der Waals surface area contributed by atoms with Crippen molar-refractivity contribution in [3.63, 3.8) is 0 Å². The molecule has 122 valence electrons. The van der Waals surface area contributed by atoms with Gasteiger partial charge in [-0.3, -0.25) is 9.59 Å². The molecule has 0 aliphatic carbocycles. The largest absolute Gasteiger partial charge is 0.426 e. The van der Waals surface area contributed by atoms with Gasteiger partial charge in [-0.25, -0.2) is 5.43 Å². The number of allylic oxidation sites excluding steroid dienone is 1. The fourth-order valence-corrected chi connectivity index (χ4v) is 1.99. The number of carbonyl (C=O) groups is 2. The molecule has 0 aromatic heterocycles. The number of hydrogen-bond donors (Lipinski definition) is 1. The Morgan fingerprint density at radius 2 is 1.67 bits per heavy atom. The molecule has 0 spiro atoms. The molecule has 5 heteroatoms. The molecule has 0 aliphatic rings. The maximum atomic E-state index is 11.3. The minimum absolute atomic E-state index is 0.287. The van der Waals surface area contributed by atoms with E-state index in [4.69, 9.17) is 4.74 Å². The highest BCUT2D eigenvalue weighted by Gasteiger charge is 2.10. The van der Waals surface area contributed by atoms with E-state index in [1.165, 1.54) is 13.8 Å². The summed E-state index contributed by atoms with van der Waals surface area (Å²) in [4.78, 5) is 22.5. The number of nitrogens with one attached hydrogen (secondary N) is 1. The van der Waals surface area contributed by atoms with E-state index in [0.717, 1.165) is 5.56 Å². The third kappa shape index (κ3) is 5.21. The van der Waals surface area contributed by atoms with Gasteiger partial charge >= 0.3 is 5.97 Å². The third-order valence-corrected chi connectivity index (χ3v) is 2.98. The van der Waals surface area contributed by atoms with Gasteiger partial charge in [0, 0.05) is 19.4 Å². The van der Waals surface area contributed by atoms with Gasteiger partial charge in [0.05, 0.1) is 5.71 Å². The predicted octanol–water partition coefficient (Wildman–Crippen LogP) is 3.17. The third-order valence-electron chi connectivity index (χ3n) is 2.98. The highest BCUT2D eigenvalue weighted by Crippen LogP contribution is 2.20. The first-order valence-electron chi connectivity index (χ1n) is 7.41. The number of esters is 1. The van der Waals surface area contributed by atoms with Gasteiger partial charge < -0.3 is 4.74 Å². The van der Waals surface area contributed by atoms with Gasteiger partial charge in [-0.2, -0.15) is 5.10 Å². The number of ether oxygens (including phenoxy) is 1. The monoisotopic (exact) mass is 322 g/mol. The second kappa shape index (κ2) is 8.43. The second-order valence-corrected chi connectivity index (χ2v) is 5.00. The van der Waals surface area contributed by atoms with Crippen LogP contribution in [-0.4, -0.2) is 17.6 Å². The first-order chi connectivity index (χ1) is 11.6. The quantitative estimate of drug-likeness (QED) is 0.398. The molecule has 2 aromatic carbocycles. The number of benzene rings is 2. The molecule has 0 atom stereocenters. The summed E-state index contributed by atoms with van der Waals surface area (Å²) in [5, 5.41) is 4.12. The van der Waals surface area contributed by atoms with Crippen LogP contribution in [0.3, 0.4) is 0 Å². The molecule has 0 heterocycles. The molecule has 0 radical (unpaired) electrons. The second-order valence-electron chi connectivity index (χ2n) is 5.00. The van der Waals surface area contributed by atoms with Crippen molar-refractivity contribution >= 4 is 23.7 Å². The molecular formula is C19H18N2O3. The van der Waals surface area contributed by atoms with E-state index in [2.05, 4.69) is 10.5 Å². The fraction of sp³-hybridized carbons (Fsp3) is 0.105. The van der Waals surface area contributed by atoms with Crippen molar-refractivity contribution in [2.24, 2.45) is 5.10 Å². The van der Waals surface area contributed by atoms with Gasteiger partial charge in [0.25, 0.3) is 0 Å². The molecule has 0 fully saturated rings. The number of para-hydroxylation sites is 1. The molecule has 5 nitrogen and oxygen atoms in total. The van der Waals surface area contributed by atoms with Crippen molar-refractivity contribution in [2.45, 2.75) is 13.8 Å². The first kappa shape index (κ1) is 17.1. The van der Waals surface area contributed by atoms with Gasteiger partial charge in [-0.1, -0.05) is 48.5 Å². The summed E-state index contributed by atoms with van der Waals surface area (Å²) in [6.45, 7) is 2.71. The van der Waals surface area contributed by atoms with E-state index in [-0.39, 0.29) is 5.91 Å². The Balaban J connectivity index is 2.40. The summed E-state index contributed by atoms with van der Waals surface area (Å²) in [5.74, 6) is -0.328. The van der Waals surface area contributed by atoms with Crippen LogP contribution in [0, 0.1) is 0 Å². The minimum atomic E-state index is -0.423. The molecule has 2 rings (SSSR count). The summed E-state index contributed by atoms with van der Waals surface area (Å²) in [5.41, 5.74) is 4.49. The molecular weight excluding hydrogens is 304 g/mol. The lowest BCUT2D eigenvalue weighted by molar-refractivity contribution is -0.131. The van der Waals surface area contributed by atoms with Crippen LogP contribution in [0.5, 0.6) is 5.75 Å². The average molecular weight is 322 g/mol. The topological polar surface area (TPSA) is 67.8 Å². The lowest BCUT2D eigenvalue weighted by Gasteiger charge is -2.09. The van der Waals surface area contributed by atoms with Crippen molar-refractivity contribution in [3.05, 3.63) is 71.8 Å². The highest BCUT2D eigenvalue weighted by molar-refractivity contribution is 6.12. The molecule has 24 heavy (non-hydrogen) atoms. The van der Waals surface area contributed by atoms with Crippen molar-refractivity contribution in [1.82, 2.24) is 5.43 Å². The molecule has 1 amide bonds. The number of nitrogens with zero attached hydrogens (tertiary/aromatic N) is 1. The highest BCUT2D eigenvalue weighted by atomic mass is 16.5. The maximum absolute atomic E-state index is 11.3. The molecule has 2 aromatic rings. The number of hydrazone groups is 1. The number of hydrogen-bond acceptors (Lipinski definition) is 4. The summed E-state index contributed by atoms with van der Waals surface area (Å²) in [7, 11) is 0. The summed E-state index contributed by atoms with van der Waals surface area (Å²) in [6.07, 6.45) is 3.62. The van der Waals surface area contributed by atoms with E-state index in [1.807, 2.05) is 42.5 Å². The van der Waals surface area contributed by atoms with Crippen molar-refractivity contribution in [2.75, 3.05) is 0 Å². The molecule has 0 saturated carbocycles. The van der Waals surface area contributed by atoms with Crippen LogP contribution in [0.4, 0.5) is 0 Å². The number of carbonyl (C=O) groups excluding carboxylic acids is 2. The van der Waals surface area contributed by atoms with E-state index in [0.29, 0.717) is 17.0 Å². The van der Waals surface area contributed by atoms with Crippen LogP contribution in [0.1, 0.15) is 25.0 Å². The summed E-state index contributed by atoms with van der Waals surface area (Å²) < 4.78 is 5.22. The van der Waals surface area contributed by atoms with Crippen LogP contribution < -0.4 is 10.2 Å². The van der Waals surface area contributed by atoms with Gasteiger partial charge in [-0.05, 0) is 23.8 Å². The Hall–Kier alpha value is -3.21. The lowest BCUT2D eigenvalue weighted by atomic mass is 10.1. The first-order valence-corrected chi connectivity index (χ1v) is 7.41. The molecule has 0 unspecified atom stereocenters. The SMILES string of the molecule is CC(=O)N/N=C(/C=C/c1ccccc1)c1ccccc1OC(C)=O. The smallest absolute Gasteiger partial charge is 0.308 e. The zero-order valence-electron chi connectivity index (χ0n) is 13.5. The zero-order chi connectivity index (χ0) is 17.4. The van der Waals surface area contributed by atoms with Crippen LogP contribution in [-0.2, 0) is 9.59 Å². The van der Waals surface area contributed by atoms with Crippen molar-refractivity contribution < 1.29 is 14.3 Å². The maximum Gasteiger partial charge on any atom is 0.308 e. The van der Waals surface area contributed by atoms with Gasteiger partial charge in [0.2, 0.25) is 5.91 Å². The van der Waals surface area contributed by atoms with Crippen LogP contribution in [0.2, 0.25) is 0 Å². The van der Waals surface area contributed by atoms with E-state index in [9.17, 15) is 9.59 Å². The Morgan fingerprint density at radius 3 is 2.33 bits per heavy atom. The van der Waals surface area contributed by atoms with Crippen molar-refractivity contribution in [1.29, 1.82) is 0 Å². The Labute approximate surface area is 140 Å². The van der Waals surface area contributed by atoms with Gasteiger partial charge in [0.1, 0.15) is 5.75 Å². The van der Waals surface area contributed by atoms with Crippen molar-refractivity contribution in [3.8, 4) is 5.75 Å². The number of rotatable bonds is 5. The summed E-state index contributed by atoms with van der Waals surface area (Å²) >= 11 is 0.